The van der Waals surface area contributed by atoms with Crippen LogP contribution >= 0.6 is 0 Å². The number of aliphatic hydroxyl groups is 1. The molecule has 0 aliphatic carbocycles. The second-order valence-electron chi connectivity index (χ2n) is 16.2. The van der Waals surface area contributed by atoms with Crippen molar-refractivity contribution in [2.24, 2.45) is 10.8 Å². The molecule has 50 heavy (non-hydrogen) atoms. The Labute approximate surface area is 317 Å². The molecule has 0 atom stereocenters. The fourth-order valence-electron chi connectivity index (χ4n) is 6.17. The van der Waals surface area contributed by atoms with E-state index in [1.807, 2.05) is 48.5 Å². The van der Waals surface area contributed by atoms with Gasteiger partial charge in [-0.25, -0.2) is 4.98 Å². The zero-order valence-electron chi connectivity index (χ0n) is 33.6. The summed E-state index contributed by atoms with van der Waals surface area (Å²) in [6.45, 7) is 32.0. The Morgan fingerprint density at radius 2 is 1.40 bits per heavy atom. The maximum absolute atomic E-state index is 12.2. The molecular weight excluding hydrogens is 793 g/mol. The van der Waals surface area contributed by atoms with Crippen LogP contribution in [-0.4, -0.2) is 20.9 Å². The quantitative estimate of drug-likeness (QED) is 0.0747. The normalized spacial score (nSPS) is 12.7. The Kier molecular flexibility index (Phi) is 14.8. The van der Waals surface area contributed by atoms with E-state index in [0.29, 0.717) is 11.8 Å². The Morgan fingerprint density at radius 1 is 0.820 bits per heavy atom. The van der Waals surface area contributed by atoms with Crippen molar-refractivity contribution in [1.29, 1.82) is 0 Å². The van der Waals surface area contributed by atoms with Gasteiger partial charge in [-0.05, 0) is 77.5 Å². The first-order valence-electron chi connectivity index (χ1n) is 18.5. The molecule has 0 aliphatic rings. The Morgan fingerprint density at radius 3 is 1.90 bits per heavy atom. The van der Waals surface area contributed by atoms with E-state index in [-0.39, 0.29) is 47.9 Å². The van der Waals surface area contributed by atoms with Crippen LogP contribution in [0.3, 0.4) is 0 Å². The molecule has 0 saturated heterocycles. The van der Waals surface area contributed by atoms with E-state index in [0.717, 1.165) is 59.2 Å². The third-order valence-electron chi connectivity index (χ3n) is 11.0. The molecule has 4 aromatic rings. The fourth-order valence-corrected chi connectivity index (χ4v) is 6.17. The predicted octanol–water partition coefficient (Wildman–Crippen LogP) is 13.1. The van der Waals surface area contributed by atoms with E-state index in [1.54, 1.807) is 0 Å². The summed E-state index contributed by atoms with van der Waals surface area (Å²) in [5, 5.41) is 13.8. The largest absolute Gasteiger partial charge is 0.512 e. The zero-order chi connectivity index (χ0) is 37.1. The van der Waals surface area contributed by atoms with E-state index < -0.39 is 0 Å². The van der Waals surface area contributed by atoms with Crippen molar-refractivity contribution in [3.63, 3.8) is 0 Å². The third-order valence-corrected chi connectivity index (χ3v) is 11.0. The summed E-state index contributed by atoms with van der Waals surface area (Å²) in [7, 11) is 0. The van der Waals surface area contributed by atoms with Gasteiger partial charge in [0.1, 0.15) is 11.6 Å². The van der Waals surface area contributed by atoms with Crippen molar-refractivity contribution >= 4 is 27.5 Å². The van der Waals surface area contributed by atoms with Gasteiger partial charge in [0.2, 0.25) is 0 Å². The zero-order valence-corrected chi connectivity index (χ0v) is 36.0. The molecule has 0 amide bonds. The minimum absolute atomic E-state index is 0. The minimum atomic E-state index is -0.337. The van der Waals surface area contributed by atoms with Crippen LogP contribution in [0.15, 0.2) is 48.2 Å². The van der Waals surface area contributed by atoms with Gasteiger partial charge in [0.25, 0.3) is 0 Å². The SMILES string of the molecule is CCC(C)(CC)C(=O)/C=C(\O)C(C)(CC)CC.Cc1[c-]c(-c2nc(C)nc3c2ccc2cc(C(C)C)cc(C(C)C)c23)cc(C(C)(C)C)c1.[Ir]. The van der Waals surface area contributed by atoms with Gasteiger partial charge in [0.15, 0.2) is 5.78 Å². The molecule has 0 saturated carbocycles. The van der Waals surface area contributed by atoms with Gasteiger partial charge in [-0.15, -0.1) is 34.9 Å². The van der Waals surface area contributed by atoms with Crippen molar-refractivity contribution in [1.82, 2.24) is 9.97 Å². The van der Waals surface area contributed by atoms with Gasteiger partial charge in [-0.2, -0.15) is 0 Å². The average molecular weight is 856 g/mol. The number of carbonyl (C=O) groups is 1. The second-order valence-corrected chi connectivity index (χ2v) is 16.2. The number of aliphatic hydroxyl groups excluding tert-OH is 1. The average Bonchev–Trinajstić information content (AvgIpc) is 3.05. The van der Waals surface area contributed by atoms with Gasteiger partial charge < -0.3 is 5.11 Å². The number of ketones is 1. The predicted molar refractivity (Wildman–Crippen MR) is 211 cm³/mol. The van der Waals surface area contributed by atoms with Gasteiger partial charge in [-0.3, -0.25) is 9.78 Å². The standard InChI is InChI=1S/C30H35N2.C15H28O2.Ir/c1-17(2)22-14-21-10-11-25-28(23-12-19(5)13-24(15-23)30(7,8)9)31-20(6)32-29(25)27(21)26(16-22)18(3)4;1-7-14(5,8-2)12(16)11-13(17)15(6,9-3)10-4;/h10-11,13-18H,1-9H3;11,16H,7-10H2,1-6H3;/q-1;;/b;12-11-;. The molecule has 275 valence electrons. The topological polar surface area (TPSA) is 63.1 Å². The van der Waals surface area contributed by atoms with E-state index in [4.69, 9.17) is 9.97 Å². The molecule has 0 bridgehead atoms. The summed E-state index contributed by atoms with van der Waals surface area (Å²) in [6, 6.07) is 17.2. The number of hydrogen-bond acceptors (Lipinski definition) is 4. The van der Waals surface area contributed by atoms with Gasteiger partial charge in [0, 0.05) is 42.4 Å². The summed E-state index contributed by atoms with van der Waals surface area (Å²) in [5.74, 6) is 2.00. The molecule has 1 heterocycles. The number of carbonyl (C=O) groups excluding carboxylic acids is 1. The minimum Gasteiger partial charge on any atom is -0.512 e. The second kappa shape index (κ2) is 17.1. The number of allylic oxidation sites excluding steroid dienone is 2. The van der Waals surface area contributed by atoms with E-state index in [9.17, 15) is 9.90 Å². The molecule has 1 N–H and O–H groups in total. The maximum Gasteiger partial charge on any atom is 0.164 e. The third kappa shape index (κ3) is 9.51. The van der Waals surface area contributed by atoms with Gasteiger partial charge in [-0.1, -0.05) is 121 Å². The summed E-state index contributed by atoms with van der Waals surface area (Å²) in [4.78, 5) is 22.1. The van der Waals surface area contributed by atoms with Crippen LogP contribution in [0.25, 0.3) is 32.9 Å². The van der Waals surface area contributed by atoms with Crippen LogP contribution in [0.1, 0.15) is 156 Å². The number of benzene rings is 3. The van der Waals surface area contributed by atoms with Crippen LogP contribution in [0.2, 0.25) is 0 Å². The van der Waals surface area contributed by atoms with Crippen LogP contribution in [0.4, 0.5) is 0 Å². The number of aromatic nitrogens is 2. The Balaban J connectivity index is 0.000000413. The smallest absolute Gasteiger partial charge is 0.164 e. The fraction of sp³-hybridized carbons (Fsp3) is 0.533. The van der Waals surface area contributed by atoms with Crippen LogP contribution in [-0.2, 0) is 30.3 Å². The molecular formula is C45H63IrN2O2-. The van der Waals surface area contributed by atoms with Crippen LogP contribution in [0, 0.1) is 30.7 Å². The van der Waals surface area contributed by atoms with Gasteiger partial charge >= 0.3 is 0 Å². The molecule has 3 aromatic carbocycles. The van der Waals surface area contributed by atoms with Crippen molar-refractivity contribution in [2.45, 2.75) is 147 Å². The molecule has 1 radical (unpaired) electrons. The number of fused-ring (bicyclic) bond motifs is 3. The summed E-state index contributed by atoms with van der Waals surface area (Å²) in [5.41, 5.74) is 7.74. The molecule has 5 heteroatoms. The summed E-state index contributed by atoms with van der Waals surface area (Å²) in [6.07, 6.45) is 4.75. The maximum atomic E-state index is 12.2. The molecule has 4 nitrogen and oxygen atoms in total. The first-order valence-corrected chi connectivity index (χ1v) is 18.5. The van der Waals surface area contributed by atoms with Crippen molar-refractivity contribution in [3.8, 4) is 11.3 Å². The van der Waals surface area contributed by atoms with E-state index >= 15 is 0 Å². The molecule has 0 unspecified atom stereocenters. The number of aryl methyl sites for hydroxylation is 2. The van der Waals surface area contributed by atoms with Crippen molar-refractivity contribution in [2.75, 3.05) is 0 Å². The molecule has 4 rings (SSSR count). The van der Waals surface area contributed by atoms with Crippen molar-refractivity contribution in [3.05, 3.63) is 82.4 Å². The number of nitrogens with zero attached hydrogens (tertiary/aromatic N) is 2. The monoisotopic (exact) mass is 856 g/mol. The van der Waals surface area contributed by atoms with Crippen LogP contribution < -0.4 is 0 Å². The summed E-state index contributed by atoms with van der Waals surface area (Å²) < 4.78 is 0. The first-order chi connectivity index (χ1) is 22.7. The summed E-state index contributed by atoms with van der Waals surface area (Å²) >= 11 is 0. The van der Waals surface area contributed by atoms with Crippen LogP contribution in [0.5, 0.6) is 0 Å². The Hall–Kier alpha value is -2.88. The molecule has 0 spiro atoms. The van der Waals surface area contributed by atoms with Crippen molar-refractivity contribution < 1.29 is 30.0 Å². The van der Waals surface area contributed by atoms with Gasteiger partial charge in [0.05, 0.1) is 5.52 Å². The molecule has 0 fully saturated rings. The van der Waals surface area contributed by atoms with E-state index in [2.05, 4.69) is 97.9 Å². The molecule has 0 aliphatic heterocycles. The number of hydrogen-bond donors (Lipinski definition) is 1. The molecule has 1 aromatic heterocycles. The Bertz CT molecular complexity index is 1820. The number of rotatable bonds is 10. The first kappa shape index (κ1) is 43.3. The van der Waals surface area contributed by atoms with E-state index in [1.165, 1.54) is 33.5 Å².